The Morgan fingerprint density at radius 3 is 2.02 bits per heavy atom. The molecule has 2 aliphatic heterocycles. The molecule has 0 spiro atoms. The van der Waals surface area contributed by atoms with Crippen molar-refractivity contribution in [3.63, 3.8) is 0 Å². The standard InChI is InChI=1S/C28H40N4O10/c1-28(2,3)42-27(37)30-9-11-39-13-15-41-17-16-40-14-12-38-10-8-29-19-4-5-20-21(18-19)26(36)32(25(20)35)22-6-7-23(33)31-24(22)34/h4-5,18,22,29H,6-17H2,1-3H3,(H,30,37)(H,31,33,34). The summed E-state index contributed by atoms with van der Waals surface area (Å²) >= 11 is 0. The third-order valence-electron chi connectivity index (χ3n) is 6.05. The summed E-state index contributed by atoms with van der Waals surface area (Å²) in [6.07, 6.45) is -0.288. The number of hydrogen-bond donors (Lipinski definition) is 3. The number of alkyl carbamates (subject to hydrolysis) is 1. The highest BCUT2D eigenvalue weighted by Gasteiger charge is 2.44. The Kier molecular flexibility index (Phi) is 12.7. The number of hydrogen-bond acceptors (Lipinski definition) is 11. The molecular weight excluding hydrogens is 552 g/mol. The van der Waals surface area contributed by atoms with E-state index >= 15 is 0 Å². The van der Waals surface area contributed by atoms with Crippen LogP contribution in [0.3, 0.4) is 0 Å². The smallest absolute Gasteiger partial charge is 0.407 e. The predicted molar refractivity (Wildman–Crippen MR) is 149 cm³/mol. The van der Waals surface area contributed by atoms with Gasteiger partial charge in [0.15, 0.2) is 0 Å². The van der Waals surface area contributed by atoms with Crippen LogP contribution in [0.4, 0.5) is 10.5 Å². The van der Waals surface area contributed by atoms with Gasteiger partial charge in [-0.1, -0.05) is 0 Å². The summed E-state index contributed by atoms with van der Waals surface area (Å²) in [5.74, 6) is -2.14. The molecule has 14 heteroatoms. The van der Waals surface area contributed by atoms with E-state index in [1.54, 1.807) is 39.0 Å². The number of ether oxygens (including phenoxy) is 5. The Balaban J connectivity index is 1.18. The minimum Gasteiger partial charge on any atom is -0.444 e. The molecule has 0 radical (unpaired) electrons. The summed E-state index contributed by atoms with van der Waals surface area (Å²) in [4.78, 5) is 61.7. The third-order valence-corrected chi connectivity index (χ3v) is 6.05. The van der Waals surface area contributed by atoms with E-state index in [4.69, 9.17) is 23.7 Å². The van der Waals surface area contributed by atoms with Crippen molar-refractivity contribution in [3.8, 4) is 0 Å². The number of rotatable bonds is 17. The van der Waals surface area contributed by atoms with Crippen LogP contribution < -0.4 is 16.0 Å². The fraction of sp³-hybridized carbons (Fsp3) is 0.607. The van der Waals surface area contributed by atoms with Crippen molar-refractivity contribution in [1.82, 2.24) is 15.5 Å². The molecule has 0 aliphatic carbocycles. The molecule has 1 saturated heterocycles. The van der Waals surface area contributed by atoms with E-state index in [0.29, 0.717) is 71.6 Å². The number of benzene rings is 1. The predicted octanol–water partition coefficient (Wildman–Crippen LogP) is 1.09. The molecule has 0 saturated carbocycles. The summed E-state index contributed by atoms with van der Waals surface area (Å²) in [6.45, 7) is 9.42. The Hall–Kier alpha value is -3.59. The van der Waals surface area contributed by atoms with E-state index in [1.807, 2.05) is 0 Å². The van der Waals surface area contributed by atoms with Gasteiger partial charge in [0.2, 0.25) is 11.8 Å². The van der Waals surface area contributed by atoms with E-state index in [0.717, 1.165) is 4.90 Å². The van der Waals surface area contributed by atoms with Crippen LogP contribution in [0, 0.1) is 0 Å². The SMILES string of the molecule is CC(C)(C)OC(=O)NCCOCCOCCOCCOCCNc1ccc2c(c1)C(=O)N(C1CCC(=O)NC1=O)C2=O. The monoisotopic (exact) mass is 592 g/mol. The topological polar surface area (TPSA) is 171 Å². The van der Waals surface area contributed by atoms with Crippen LogP contribution in [-0.4, -0.2) is 112 Å². The molecule has 1 aromatic carbocycles. The largest absolute Gasteiger partial charge is 0.444 e. The highest BCUT2D eigenvalue weighted by molar-refractivity contribution is 6.23. The highest BCUT2D eigenvalue weighted by atomic mass is 16.6. The molecule has 1 fully saturated rings. The van der Waals surface area contributed by atoms with E-state index in [9.17, 15) is 24.0 Å². The molecule has 2 heterocycles. The quantitative estimate of drug-likeness (QED) is 0.175. The maximum absolute atomic E-state index is 12.9. The molecule has 1 atom stereocenters. The maximum atomic E-state index is 12.9. The lowest BCUT2D eigenvalue weighted by atomic mass is 10.0. The minimum atomic E-state index is -0.992. The Bertz CT molecular complexity index is 1120. The molecule has 14 nitrogen and oxygen atoms in total. The molecular formula is C28H40N4O10. The van der Waals surface area contributed by atoms with Gasteiger partial charge in [0.05, 0.1) is 64.0 Å². The van der Waals surface area contributed by atoms with Gasteiger partial charge < -0.3 is 34.3 Å². The van der Waals surface area contributed by atoms with Crippen LogP contribution in [0.5, 0.6) is 0 Å². The fourth-order valence-electron chi connectivity index (χ4n) is 4.15. The van der Waals surface area contributed by atoms with Crippen molar-refractivity contribution < 1.29 is 47.7 Å². The molecule has 232 valence electrons. The van der Waals surface area contributed by atoms with Gasteiger partial charge in [-0.25, -0.2) is 4.79 Å². The summed E-state index contributed by atoms with van der Waals surface area (Å²) in [5.41, 5.74) is 0.552. The van der Waals surface area contributed by atoms with Gasteiger partial charge in [-0.05, 0) is 45.4 Å². The fourth-order valence-corrected chi connectivity index (χ4v) is 4.15. The van der Waals surface area contributed by atoms with Crippen LogP contribution in [0.15, 0.2) is 18.2 Å². The van der Waals surface area contributed by atoms with Crippen LogP contribution in [-0.2, 0) is 33.3 Å². The normalized spacial score (nSPS) is 16.8. The minimum absolute atomic E-state index is 0.0735. The number of nitrogens with zero attached hydrogens (tertiary/aromatic N) is 1. The molecule has 1 aromatic rings. The molecule has 1 unspecified atom stereocenters. The summed E-state index contributed by atoms with van der Waals surface area (Å²) in [5, 5.41) is 7.94. The number of imide groups is 2. The van der Waals surface area contributed by atoms with E-state index in [1.165, 1.54) is 0 Å². The first-order valence-electron chi connectivity index (χ1n) is 13.9. The molecule has 5 amide bonds. The highest BCUT2D eigenvalue weighted by Crippen LogP contribution is 2.29. The zero-order valence-corrected chi connectivity index (χ0v) is 24.3. The second-order valence-corrected chi connectivity index (χ2v) is 10.5. The number of carbonyl (C=O) groups excluding carboxylic acids is 5. The molecule has 0 aromatic heterocycles. The second-order valence-electron chi connectivity index (χ2n) is 10.5. The molecule has 3 rings (SSSR count). The molecule has 3 N–H and O–H groups in total. The van der Waals surface area contributed by atoms with Gasteiger partial charge in [-0.2, -0.15) is 0 Å². The average molecular weight is 593 g/mol. The average Bonchev–Trinajstić information content (AvgIpc) is 3.16. The number of nitrogens with one attached hydrogen (secondary N) is 3. The van der Waals surface area contributed by atoms with Crippen molar-refractivity contribution in [2.45, 2.75) is 45.3 Å². The van der Waals surface area contributed by atoms with E-state index in [-0.39, 0.29) is 24.0 Å². The summed E-state index contributed by atoms with van der Waals surface area (Å²) < 4.78 is 26.9. The van der Waals surface area contributed by atoms with Crippen LogP contribution in [0.25, 0.3) is 0 Å². The molecule has 0 bridgehead atoms. The van der Waals surface area contributed by atoms with Crippen molar-refractivity contribution in [3.05, 3.63) is 29.3 Å². The van der Waals surface area contributed by atoms with Crippen LogP contribution in [0.2, 0.25) is 0 Å². The van der Waals surface area contributed by atoms with Gasteiger partial charge in [0.1, 0.15) is 11.6 Å². The number of anilines is 1. The van der Waals surface area contributed by atoms with Crippen molar-refractivity contribution >= 4 is 35.4 Å². The van der Waals surface area contributed by atoms with Crippen molar-refractivity contribution in [2.75, 3.05) is 71.3 Å². The maximum Gasteiger partial charge on any atom is 0.407 e. The lowest BCUT2D eigenvalue weighted by molar-refractivity contribution is -0.136. The first-order valence-corrected chi connectivity index (χ1v) is 13.9. The number of piperidine rings is 1. The first kappa shape index (κ1) is 32.9. The van der Waals surface area contributed by atoms with E-state index in [2.05, 4.69) is 16.0 Å². The number of carbonyl (C=O) groups is 5. The number of amides is 5. The number of fused-ring (bicyclic) bond motifs is 1. The Labute approximate surface area is 244 Å². The molecule has 42 heavy (non-hydrogen) atoms. The van der Waals surface area contributed by atoms with Crippen LogP contribution in [0.1, 0.15) is 54.3 Å². The summed E-state index contributed by atoms with van der Waals surface area (Å²) in [7, 11) is 0. The van der Waals surface area contributed by atoms with Crippen molar-refractivity contribution in [1.29, 1.82) is 0 Å². The third kappa shape index (κ3) is 10.4. The summed E-state index contributed by atoms with van der Waals surface area (Å²) in [6, 6.07) is 3.83. The Morgan fingerprint density at radius 1 is 0.857 bits per heavy atom. The van der Waals surface area contributed by atoms with Gasteiger partial charge in [0.25, 0.3) is 11.8 Å². The molecule has 2 aliphatic rings. The lowest BCUT2D eigenvalue weighted by Gasteiger charge is -2.27. The van der Waals surface area contributed by atoms with Crippen molar-refractivity contribution in [2.24, 2.45) is 0 Å². The van der Waals surface area contributed by atoms with Gasteiger partial charge in [-0.3, -0.25) is 29.4 Å². The Morgan fingerprint density at radius 2 is 1.43 bits per heavy atom. The van der Waals surface area contributed by atoms with E-state index < -0.39 is 41.4 Å². The first-order chi connectivity index (χ1) is 20.1. The van der Waals surface area contributed by atoms with Gasteiger partial charge in [-0.15, -0.1) is 0 Å². The zero-order valence-electron chi connectivity index (χ0n) is 24.3. The zero-order chi connectivity index (χ0) is 30.5. The van der Waals surface area contributed by atoms with Gasteiger partial charge >= 0.3 is 6.09 Å². The van der Waals surface area contributed by atoms with Crippen LogP contribution >= 0.6 is 0 Å². The second kappa shape index (κ2) is 16.2. The lowest BCUT2D eigenvalue weighted by Crippen LogP contribution is -2.54. The van der Waals surface area contributed by atoms with Gasteiger partial charge in [0, 0.05) is 25.2 Å².